The fourth-order valence-electron chi connectivity index (χ4n) is 6.07. The van der Waals surface area contributed by atoms with E-state index in [1.54, 1.807) is 18.2 Å². The minimum Gasteiger partial charge on any atom is -0.338 e. The van der Waals surface area contributed by atoms with Gasteiger partial charge < -0.3 is 4.90 Å². The highest BCUT2D eigenvalue weighted by Crippen LogP contribution is 2.35. The number of piperidine rings is 2. The van der Waals surface area contributed by atoms with E-state index in [1.165, 1.54) is 6.33 Å². The Bertz CT molecular complexity index is 1050. The van der Waals surface area contributed by atoms with Crippen molar-refractivity contribution in [2.75, 3.05) is 52.4 Å². The fraction of sp³-hybridized carbons (Fsp3) is 0.808. The first kappa shape index (κ1) is 28.7. The van der Waals surface area contributed by atoms with Gasteiger partial charge in [0.2, 0.25) is 10.0 Å². The van der Waals surface area contributed by atoms with Gasteiger partial charge in [0, 0.05) is 58.4 Å². The molecule has 3 saturated heterocycles. The molecule has 3 fully saturated rings. The van der Waals surface area contributed by atoms with Crippen molar-refractivity contribution in [2.45, 2.75) is 76.5 Å². The minimum atomic E-state index is -3.15. The number of amides is 1. The van der Waals surface area contributed by atoms with Crippen LogP contribution in [0.2, 0.25) is 0 Å². The van der Waals surface area contributed by atoms with Crippen LogP contribution < -0.4 is 0 Å². The summed E-state index contributed by atoms with van der Waals surface area (Å²) >= 11 is 5.17. The van der Waals surface area contributed by atoms with Gasteiger partial charge in [0.15, 0.2) is 0 Å². The first-order valence-electron chi connectivity index (χ1n) is 13.7. The number of carbonyl (C=O) groups is 1. The van der Waals surface area contributed by atoms with Crippen LogP contribution in [0.25, 0.3) is 0 Å². The zero-order valence-electron chi connectivity index (χ0n) is 23.1. The average molecular weight is 553 g/mol. The second kappa shape index (κ2) is 11.5. The van der Waals surface area contributed by atoms with Crippen LogP contribution >= 0.6 is 12.6 Å². The molecule has 208 valence electrons. The largest absolute Gasteiger partial charge is 0.338 e. The Labute approximate surface area is 228 Å². The van der Waals surface area contributed by atoms with Gasteiger partial charge in [0.05, 0.1) is 27.1 Å². The summed E-state index contributed by atoms with van der Waals surface area (Å²) in [5.74, 6) is 0.567. The normalized spacial score (nSPS) is 25.1. The van der Waals surface area contributed by atoms with Gasteiger partial charge in [-0.25, -0.2) is 22.7 Å². The molecule has 1 aromatic rings. The highest BCUT2D eigenvalue weighted by Gasteiger charge is 2.41. The van der Waals surface area contributed by atoms with Crippen LogP contribution in [-0.2, 0) is 10.0 Å². The number of rotatable bonds is 6. The Hall–Kier alpha value is -1.27. The maximum absolute atomic E-state index is 13.2. The molecule has 0 bridgehead atoms. The SMILES string of the molecule is Cc1ncnc(C)c1C(=O)N1CCC(S)(N2CCN(CC3CCN(S(=O)(=O)C(C)C)CC3)C(C)C2)CC1. The number of piperazine rings is 1. The van der Waals surface area contributed by atoms with E-state index in [0.717, 1.165) is 63.3 Å². The highest BCUT2D eigenvalue weighted by molar-refractivity contribution is 7.89. The van der Waals surface area contributed by atoms with Crippen molar-refractivity contribution >= 4 is 28.6 Å². The summed E-state index contributed by atoms with van der Waals surface area (Å²) in [5.41, 5.74) is 2.10. The molecule has 0 aromatic carbocycles. The summed E-state index contributed by atoms with van der Waals surface area (Å²) in [5, 5.41) is -0.351. The van der Waals surface area contributed by atoms with E-state index in [2.05, 4.69) is 26.7 Å². The van der Waals surface area contributed by atoms with E-state index in [-0.39, 0.29) is 16.0 Å². The predicted molar refractivity (Wildman–Crippen MR) is 149 cm³/mol. The molecule has 1 amide bonds. The first-order chi connectivity index (χ1) is 17.4. The second-order valence-corrected chi connectivity index (χ2v) is 14.7. The molecule has 0 saturated carbocycles. The van der Waals surface area contributed by atoms with E-state index in [4.69, 9.17) is 12.6 Å². The zero-order chi connectivity index (χ0) is 27.0. The Morgan fingerprint density at radius 3 is 2.19 bits per heavy atom. The molecule has 0 N–H and O–H groups in total. The molecule has 1 aromatic heterocycles. The molecule has 3 aliphatic rings. The molecular formula is C26H44N6O3S2. The molecule has 11 heteroatoms. The predicted octanol–water partition coefficient (Wildman–Crippen LogP) is 2.41. The average Bonchev–Trinajstić information content (AvgIpc) is 2.85. The number of nitrogens with zero attached hydrogens (tertiary/aromatic N) is 6. The molecule has 0 aliphatic carbocycles. The Morgan fingerprint density at radius 1 is 1.05 bits per heavy atom. The second-order valence-electron chi connectivity index (χ2n) is 11.4. The number of thiol groups is 1. The third-order valence-electron chi connectivity index (χ3n) is 8.67. The standard InChI is InChI=1S/C26H44N6O3S2/c1-19(2)37(34,35)32-10-6-23(7-11-32)17-30-14-15-31(16-20(30)3)26(36)8-12-29(13-9-26)25(33)24-21(4)27-18-28-22(24)5/h18-20,23,36H,6-17H2,1-5H3. The van der Waals surface area contributed by atoms with Crippen LogP contribution in [0.15, 0.2) is 6.33 Å². The van der Waals surface area contributed by atoms with Gasteiger partial charge in [0.1, 0.15) is 6.33 Å². The van der Waals surface area contributed by atoms with E-state index >= 15 is 0 Å². The van der Waals surface area contributed by atoms with Crippen molar-refractivity contribution in [1.82, 2.24) is 29.0 Å². The van der Waals surface area contributed by atoms with E-state index in [9.17, 15) is 13.2 Å². The number of hydrogen-bond acceptors (Lipinski definition) is 8. The lowest BCUT2D eigenvalue weighted by molar-refractivity contribution is 0.00862. The number of sulfonamides is 1. The van der Waals surface area contributed by atoms with Gasteiger partial charge in [-0.05, 0) is 66.2 Å². The van der Waals surface area contributed by atoms with E-state index in [0.29, 0.717) is 43.7 Å². The highest BCUT2D eigenvalue weighted by atomic mass is 32.2. The molecule has 9 nitrogen and oxygen atoms in total. The van der Waals surface area contributed by atoms with Crippen molar-refractivity contribution in [1.29, 1.82) is 0 Å². The number of aromatic nitrogens is 2. The Morgan fingerprint density at radius 2 is 1.65 bits per heavy atom. The van der Waals surface area contributed by atoms with E-state index in [1.807, 2.05) is 18.7 Å². The maximum atomic E-state index is 13.2. The number of likely N-dealkylation sites (tertiary alicyclic amines) is 1. The lowest BCUT2D eigenvalue weighted by Crippen LogP contribution is -2.61. The van der Waals surface area contributed by atoms with Gasteiger partial charge in [-0.3, -0.25) is 14.6 Å². The van der Waals surface area contributed by atoms with Gasteiger partial charge in [-0.1, -0.05) is 0 Å². The van der Waals surface area contributed by atoms with Crippen LogP contribution in [0, 0.1) is 19.8 Å². The molecule has 4 rings (SSSR count). The van der Waals surface area contributed by atoms with Gasteiger partial charge >= 0.3 is 0 Å². The third-order valence-corrected chi connectivity index (χ3v) is 11.7. The maximum Gasteiger partial charge on any atom is 0.257 e. The minimum absolute atomic E-state index is 0.0245. The smallest absolute Gasteiger partial charge is 0.257 e. The fourth-order valence-corrected chi connectivity index (χ4v) is 7.76. The summed E-state index contributed by atoms with van der Waals surface area (Å²) in [6.07, 6.45) is 5.05. The molecular weight excluding hydrogens is 508 g/mol. The number of carbonyl (C=O) groups excluding carboxylic acids is 1. The summed E-state index contributed by atoms with van der Waals surface area (Å²) in [4.78, 5) is 28.4. The molecule has 1 unspecified atom stereocenters. The summed E-state index contributed by atoms with van der Waals surface area (Å²) < 4.78 is 26.7. The molecule has 0 radical (unpaired) electrons. The van der Waals surface area contributed by atoms with E-state index < -0.39 is 10.0 Å². The topological polar surface area (TPSA) is 90.0 Å². The van der Waals surface area contributed by atoms with Crippen molar-refractivity contribution < 1.29 is 13.2 Å². The third kappa shape index (κ3) is 6.16. The summed E-state index contributed by atoms with van der Waals surface area (Å²) in [6.45, 7) is 16.2. The number of aryl methyl sites for hydroxylation is 2. The van der Waals surface area contributed by atoms with Crippen LogP contribution in [0.5, 0.6) is 0 Å². The molecule has 4 heterocycles. The van der Waals surface area contributed by atoms with Gasteiger partial charge in [0.25, 0.3) is 5.91 Å². The monoisotopic (exact) mass is 552 g/mol. The van der Waals surface area contributed by atoms with Gasteiger partial charge in [-0.15, -0.1) is 0 Å². The summed E-state index contributed by atoms with van der Waals surface area (Å²) in [7, 11) is -3.15. The lowest BCUT2D eigenvalue weighted by Gasteiger charge is -2.51. The molecule has 1 atom stereocenters. The van der Waals surface area contributed by atoms with Crippen molar-refractivity contribution in [3.05, 3.63) is 23.3 Å². The molecule has 37 heavy (non-hydrogen) atoms. The van der Waals surface area contributed by atoms with Crippen LogP contribution in [-0.4, -0.2) is 112 Å². The first-order valence-corrected chi connectivity index (χ1v) is 15.7. The lowest BCUT2D eigenvalue weighted by atomic mass is 9.95. The van der Waals surface area contributed by atoms with Crippen LogP contribution in [0.1, 0.15) is 68.2 Å². The molecule has 3 aliphatic heterocycles. The Kier molecular flexibility index (Phi) is 8.90. The van der Waals surface area contributed by atoms with Crippen molar-refractivity contribution in [3.63, 3.8) is 0 Å². The van der Waals surface area contributed by atoms with Gasteiger partial charge in [-0.2, -0.15) is 12.6 Å². The van der Waals surface area contributed by atoms with Crippen molar-refractivity contribution in [3.8, 4) is 0 Å². The quantitative estimate of drug-likeness (QED) is 0.542. The molecule has 0 spiro atoms. The summed E-state index contributed by atoms with van der Waals surface area (Å²) in [6, 6.07) is 0.418. The Balaban J connectivity index is 1.27. The number of hydrogen-bond donors (Lipinski definition) is 1. The zero-order valence-corrected chi connectivity index (χ0v) is 24.8. The van der Waals surface area contributed by atoms with Crippen LogP contribution in [0.4, 0.5) is 0 Å². The van der Waals surface area contributed by atoms with Crippen molar-refractivity contribution in [2.24, 2.45) is 5.92 Å². The van der Waals surface area contributed by atoms with Crippen LogP contribution in [0.3, 0.4) is 0 Å².